The number of hydrogen-bond acceptors (Lipinski definition) is 2. The minimum absolute atomic E-state index is 0.0100. The number of likely N-dealkylation sites (tertiary alicyclic amines) is 1. The van der Waals surface area contributed by atoms with Crippen molar-refractivity contribution < 1.29 is 8.78 Å². The van der Waals surface area contributed by atoms with Gasteiger partial charge < -0.3 is 4.40 Å². The molecule has 1 unspecified atom stereocenters. The van der Waals surface area contributed by atoms with Gasteiger partial charge in [0.2, 0.25) is 5.92 Å². The van der Waals surface area contributed by atoms with Gasteiger partial charge in [0, 0.05) is 43.1 Å². The minimum Gasteiger partial charge on any atom is -0.303 e. The van der Waals surface area contributed by atoms with E-state index >= 15 is 0 Å². The summed E-state index contributed by atoms with van der Waals surface area (Å²) in [5, 5.41) is 0. The van der Waals surface area contributed by atoms with Crippen molar-refractivity contribution in [2.75, 3.05) is 13.1 Å². The normalized spacial score (nSPS) is 23.3. The molecule has 2 aromatic heterocycles. The molecular formula is C15H18BrF2N3. The molecule has 1 fully saturated rings. The fourth-order valence-electron chi connectivity index (χ4n) is 3.03. The highest BCUT2D eigenvalue weighted by Crippen LogP contribution is 2.31. The number of imidazole rings is 1. The number of aromatic nitrogens is 2. The molecule has 3 heterocycles. The molecule has 0 aromatic carbocycles. The Balaban J connectivity index is 1.78. The number of hydrogen-bond donors (Lipinski definition) is 0. The van der Waals surface area contributed by atoms with E-state index in [9.17, 15) is 8.78 Å². The molecule has 6 heteroatoms. The van der Waals surface area contributed by atoms with Crippen LogP contribution in [0, 0.1) is 5.92 Å². The summed E-state index contributed by atoms with van der Waals surface area (Å²) in [6.45, 7) is 3.70. The average molecular weight is 358 g/mol. The van der Waals surface area contributed by atoms with Crippen LogP contribution in [0.5, 0.6) is 0 Å². The maximum absolute atomic E-state index is 13.6. The second-order valence-electron chi connectivity index (χ2n) is 5.97. The second-order valence-corrected chi connectivity index (χ2v) is 6.89. The average Bonchev–Trinajstić information content (AvgIpc) is 2.71. The van der Waals surface area contributed by atoms with Gasteiger partial charge in [-0.3, -0.25) is 4.90 Å². The van der Waals surface area contributed by atoms with Gasteiger partial charge in [0.15, 0.2) is 0 Å². The summed E-state index contributed by atoms with van der Waals surface area (Å²) in [5.74, 6) is -2.52. The smallest absolute Gasteiger partial charge is 0.249 e. The first kappa shape index (κ1) is 14.9. The van der Waals surface area contributed by atoms with Crippen molar-refractivity contribution in [3.63, 3.8) is 0 Å². The molecule has 0 amide bonds. The number of halogens is 3. The van der Waals surface area contributed by atoms with Crippen LogP contribution in [-0.2, 0) is 6.54 Å². The third-order valence-electron chi connectivity index (χ3n) is 3.95. The van der Waals surface area contributed by atoms with E-state index in [0.29, 0.717) is 19.6 Å². The van der Waals surface area contributed by atoms with Crippen molar-refractivity contribution in [2.45, 2.75) is 32.2 Å². The van der Waals surface area contributed by atoms with Gasteiger partial charge in [0.25, 0.3) is 0 Å². The molecule has 0 radical (unpaired) electrons. The van der Waals surface area contributed by atoms with Gasteiger partial charge in [0.05, 0.1) is 11.9 Å². The van der Waals surface area contributed by atoms with Crippen LogP contribution in [0.2, 0.25) is 0 Å². The summed E-state index contributed by atoms with van der Waals surface area (Å²) in [4.78, 5) is 6.48. The molecule has 0 bridgehead atoms. The largest absolute Gasteiger partial charge is 0.303 e. The quantitative estimate of drug-likeness (QED) is 0.810. The van der Waals surface area contributed by atoms with E-state index in [1.165, 1.54) is 0 Å². The van der Waals surface area contributed by atoms with Crippen LogP contribution in [0.25, 0.3) is 5.65 Å². The molecule has 3 rings (SSSR count). The van der Waals surface area contributed by atoms with Crippen LogP contribution in [0.1, 0.15) is 25.5 Å². The predicted molar refractivity (Wildman–Crippen MR) is 81.5 cm³/mol. The first-order valence-electron chi connectivity index (χ1n) is 7.15. The van der Waals surface area contributed by atoms with Crippen molar-refractivity contribution in [1.29, 1.82) is 0 Å². The maximum Gasteiger partial charge on any atom is 0.249 e. The number of alkyl halides is 2. The highest BCUT2D eigenvalue weighted by atomic mass is 79.9. The van der Waals surface area contributed by atoms with E-state index in [2.05, 4.69) is 25.8 Å². The van der Waals surface area contributed by atoms with Gasteiger partial charge in [-0.25, -0.2) is 13.8 Å². The van der Waals surface area contributed by atoms with E-state index in [1.54, 1.807) is 0 Å². The molecule has 3 nitrogen and oxygen atoms in total. The summed E-state index contributed by atoms with van der Waals surface area (Å²) in [6.07, 6.45) is 3.72. The molecule has 1 aliphatic rings. The van der Waals surface area contributed by atoms with Gasteiger partial charge in [0.1, 0.15) is 5.65 Å². The summed E-state index contributed by atoms with van der Waals surface area (Å²) >= 11 is 3.42. The van der Waals surface area contributed by atoms with E-state index in [1.807, 2.05) is 35.9 Å². The summed E-state index contributed by atoms with van der Waals surface area (Å²) in [7, 11) is 0. The SMILES string of the molecule is CC1CN(Cc2cnc3cc(Br)ccn23)CCC(F)(F)C1. The van der Waals surface area contributed by atoms with Crippen molar-refractivity contribution in [2.24, 2.45) is 5.92 Å². The highest BCUT2D eigenvalue weighted by Gasteiger charge is 2.35. The van der Waals surface area contributed by atoms with Crippen LogP contribution < -0.4 is 0 Å². The molecule has 114 valence electrons. The number of fused-ring (bicyclic) bond motifs is 1. The standard InChI is InChI=1S/C15H18BrF2N3/c1-11-7-15(17,18)3-5-20(9-11)10-13-8-19-14-6-12(16)2-4-21(13)14/h2,4,6,8,11H,3,5,7,9-10H2,1H3. The van der Waals surface area contributed by atoms with Gasteiger partial charge >= 0.3 is 0 Å². The van der Waals surface area contributed by atoms with Crippen molar-refractivity contribution in [1.82, 2.24) is 14.3 Å². The molecule has 1 saturated heterocycles. The zero-order valence-corrected chi connectivity index (χ0v) is 13.5. The molecule has 2 aromatic rings. The van der Waals surface area contributed by atoms with Crippen molar-refractivity contribution >= 4 is 21.6 Å². The Labute approximate surface area is 131 Å². The zero-order chi connectivity index (χ0) is 15.0. The van der Waals surface area contributed by atoms with E-state index in [-0.39, 0.29) is 18.8 Å². The number of rotatable bonds is 2. The number of nitrogens with zero attached hydrogens (tertiary/aromatic N) is 3. The predicted octanol–water partition coefficient (Wildman–Crippen LogP) is 3.96. The topological polar surface area (TPSA) is 20.5 Å². The highest BCUT2D eigenvalue weighted by molar-refractivity contribution is 9.10. The van der Waals surface area contributed by atoms with Crippen LogP contribution in [0.15, 0.2) is 29.0 Å². The third kappa shape index (κ3) is 3.43. The van der Waals surface area contributed by atoms with Gasteiger partial charge in [-0.2, -0.15) is 0 Å². The fourth-order valence-corrected chi connectivity index (χ4v) is 3.35. The van der Waals surface area contributed by atoms with Crippen molar-refractivity contribution in [3.8, 4) is 0 Å². The summed E-state index contributed by atoms with van der Waals surface area (Å²) in [5.41, 5.74) is 1.91. The zero-order valence-electron chi connectivity index (χ0n) is 11.9. The second kappa shape index (κ2) is 5.65. The molecule has 0 aliphatic carbocycles. The Morgan fingerprint density at radius 1 is 1.48 bits per heavy atom. The maximum atomic E-state index is 13.6. The van der Waals surface area contributed by atoms with Crippen LogP contribution >= 0.6 is 15.9 Å². The first-order valence-corrected chi connectivity index (χ1v) is 7.94. The van der Waals surface area contributed by atoms with Crippen molar-refractivity contribution in [3.05, 3.63) is 34.7 Å². The Hall–Kier alpha value is -1.01. The molecule has 21 heavy (non-hydrogen) atoms. The lowest BCUT2D eigenvalue weighted by molar-refractivity contribution is -0.0209. The van der Waals surface area contributed by atoms with Gasteiger partial charge in [-0.1, -0.05) is 22.9 Å². The molecule has 0 spiro atoms. The summed E-state index contributed by atoms with van der Waals surface area (Å²) in [6, 6.07) is 3.90. The van der Waals surface area contributed by atoms with Crippen LogP contribution in [-0.4, -0.2) is 33.3 Å². The lowest BCUT2D eigenvalue weighted by Crippen LogP contribution is -2.27. The lowest BCUT2D eigenvalue weighted by Gasteiger charge is -2.21. The van der Waals surface area contributed by atoms with E-state index in [0.717, 1.165) is 15.8 Å². The van der Waals surface area contributed by atoms with Gasteiger partial charge in [-0.15, -0.1) is 0 Å². The Bertz CT molecular complexity index is 641. The Kier molecular flexibility index (Phi) is 4.01. The fraction of sp³-hybridized carbons (Fsp3) is 0.533. The van der Waals surface area contributed by atoms with E-state index in [4.69, 9.17) is 0 Å². The first-order chi connectivity index (χ1) is 9.93. The molecule has 1 aliphatic heterocycles. The van der Waals surface area contributed by atoms with Crippen LogP contribution in [0.3, 0.4) is 0 Å². The Morgan fingerprint density at radius 2 is 2.29 bits per heavy atom. The molecule has 0 saturated carbocycles. The van der Waals surface area contributed by atoms with E-state index < -0.39 is 5.92 Å². The molecule has 1 atom stereocenters. The third-order valence-corrected chi connectivity index (χ3v) is 4.44. The van der Waals surface area contributed by atoms with Crippen LogP contribution in [0.4, 0.5) is 8.78 Å². The lowest BCUT2D eigenvalue weighted by atomic mass is 10.0. The van der Waals surface area contributed by atoms with Gasteiger partial charge in [-0.05, 0) is 18.1 Å². The molecular weight excluding hydrogens is 340 g/mol. The Morgan fingerprint density at radius 3 is 3.10 bits per heavy atom. The number of pyridine rings is 1. The minimum atomic E-state index is -2.53. The monoisotopic (exact) mass is 357 g/mol. The summed E-state index contributed by atoms with van der Waals surface area (Å²) < 4.78 is 30.2. The molecule has 0 N–H and O–H groups in total.